The summed E-state index contributed by atoms with van der Waals surface area (Å²) in [5.41, 5.74) is 6.20. The first-order chi connectivity index (χ1) is 15.2. The van der Waals surface area contributed by atoms with Crippen molar-refractivity contribution >= 4 is 40.2 Å². The first kappa shape index (κ1) is 24.9. The van der Waals surface area contributed by atoms with Crippen LogP contribution in [0.5, 0.6) is 0 Å². The molecule has 0 radical (unpaired) electrons. The highest BCUT2D eigenvalue weighted by Crippen LogP contribution is 2.35. The van der Waals surface area contributed by atoms with Gasteiger partial charge in [-0.05, 0) is 30.9 Å². The number of amides is 3. The molecule has 172 valence electrons. The zero-order valence-corrected chi connectivity index (χ0v) is 19.0. The van der Waals surface area contributed by atoms with E-state index in [4.69, 9.17) is 15.2 Å². The average Bonchev–Trinajstić information content (AvgIpc) is 3.15. The van der Waals surface area contributed by atoms with E-state index in [1.807, 2.05) is 44.2 Å². The minimum Gasteiger partial charge on any atom is -0.462 e. The predicted octanol–water partition coefficient (Wildman–Crippen LogP) is 3.16. The SMILES string of the molecule is CCOC(=O)c1cc(-c2ccccc2)sc1NC(=O)COC(=O)C(CC(C)C)NC(N)=O. The Labute approximate surface area is 190 Å². The van der Waals surface area contributed by atoms with Gasteiger partial charge in [0.2, 0.25) is 0 Å². The molecule has 0 fully saturated rings. The van der Waals surface area contributed by atoms with E-state index in [0.717, 1.165) is 10.4 Å². The normalized spacial score (nSPS) is 11.5. The van der Waals surface area contributed by atoms with Crippen molar-refractivity contribution < 1.29 is 28.7 Å². The summed E-state index contributed by atoms with van der Waals surface area (Å²) in [7, 11) is 0. The molecular formula is C22H27N3O6S. The highest BCUT2D eigenvalue weighted by molar-refractivity contribution is 7.20. The number of ether oxygens (including phenoxy) is 2. The van der Waals surface area contributed by atoms with Crippen molar-refractivity contribution in [2.45, 2.75) is 33.2 Å². The van der Waals surface area contributed by atoms with Crippen LogP contribution in [0.15, 0.2) is 36.4 Å². The summed E-state index contributed by atoms with van der Waals surface area (Å²) < 4.78 is 10.1. The number of nitrogens with two attached hydrogens (primary N) is 1. The number of benzene rings is 1. The van der Waals surface area contributed by atoms with E-state index in [1.54, 1.807) is 13.0 Å². The van der Waals surface area contributed by atoms with Gasteiger partial charge in [-0.15, -0.1) is 11.3 Å². The van der Waals surface area contributed by atoms with Crippen molar-refractivity contribution in [2.24, 2.45) is 11.7 Å². The van der Waals surface area contributed by atoms with Crippen molar-refractivity contribution in [3.63, 3.8) is 0 Å². The number of urea groups is 1. The van der Waals surface area contributed by atoms with Gasteiger partial charge in [0.15, 0.2) is 6.61 Å². The molecule has 32 heavy (non-hydrogen) atoms. The summed E-state index contributed by atoms with van der Waals surface area (Å²) in [4.78, 5) is 48.9. The third kappa shape index (κ3) is 7.38. The molecule has 0 aliphatic rings. The molecular weight excluding hydrogens is 434 g/mol. The minimum atomic E-state index is -0.957. The third-order valence-corrected chi connectivity index (χ3v) is 5.29. The van der Waals surface area contributed by atoms with Crippen molar-refractivity contribution in [1.29, 1.82) is 0 Å². The van der Waals surface area contributed by atoms with Crippen LogP contribution in [0.2, 0.25) is 0 Å². The van der Waals surface area contributed by atoms with Gasteiger partial charge in [0.25, 0.3) is 5.91 Å². The van der Waals surface area contributed by atoms with Crippen LogP contribution >= 0.6 is 11.3 Å². The van der Waals surface area contributed by atoms with Crippen LogP contribution in [0.1, 0.15) is 37.6 Å². The van der Waals surface area contributed by atoms with Gasteiger partial charge in [0.05, 0.1) is 12.2 Å². The van der Waals surface area contributed by atoms with E-state index < -0.39 is 36.5 Å². The maximum Gasteiger partial charge on any atom is 0.341 e. The van der Waals surface area contributed by atoms with Gasteiger partial charge in [-0.3, -0.25) is 4.79 Å². The summed E-state index contributed by atoms with van der Waals surface area (Å²) in [6.45, 7) is 5.02. The summed E-state index contributed by atoms with van der Waals surface area (Å²) in [5.74, 6) is -1.88. The van der Waals surface area contributed by atoms with Crippen LogP contribution in [0.4, 0.5) is 9.80 Å². The molecule has 1 aromatic heterocycles. The second-order valence-electron chi connectivity index (χ2n) is 7.29. The van der Waals surface area contributed by atoms with E-state index in [9.17, 15) is 19.2 Å². The summed E-state index contributed by atoms with van der Waals surface area (Å²) in [5, 5.41) is 5.21. The van der Waals surface area contributed by atoms with Crippen molar-refractivity contribution in [3.8, 4) is 10.4 Å². The van der Waals surface area contributed by atoms with Crippen molar-refractivity contribution in [2.75, 3.05) is 18.5 Å². The molecule has 10 heteroatoms. The molecule has 0 saturated carbocycles. The van der Waals surface area contributed by atoms with Gasteiger partial charge in [0.1, 0.15) is 11.0 Å². The van der Waals surface area contributed by atoms with Gasteiger partial charge in [-0.1, -0.05) is 44.2 Å². The van der Waals surface area contributed by atoms with E-state index in [1.165, 1.54) is 11.3 Å². The molecule has 0 aliphatic heterocycles. The molecule has 4 N–H and O–H groups in total. The number of nitrogens with one attached hydrogen (secondary N) is 2. The third-order valence-electron chi connectivity index (χ3n) is 4.19. The number of carbonyl (C=O) groups is 4. The number of rotatable bonds is 10. The van der Waals surface area contributed by atoms with Crippen LogP contribution in [0, 0.1) is 5.92 Å². The molecule has 1 aromatic carbocycles. The lowest BCUT2D eigenvalue weighted by Gasteiger charge is -2.18. The van der Waals surface area contributed by atoms with Gasteiger partial charge in [-0.25, -0.2) is 14.4 Å². The monoisotopic (exact) mass is 461 g/mol. The standard InChI is InChI=1S/C22H27N3O6S/c1-4-30-20(27)15-11-17(14-8-6-5-7-9-14)32-19(15)25-18(26)12-31-21(28)16(10-13(2)3)24-22(23)29/h5-9,11,13,16H,4,10,12H2,1-3H3,(H,25,26)(H3,23,24,29). The molecule has 9 nitrogen and oxygen atoms in total. The Bertz CT molecular complexity index is 958. The fourth-order valence-corrected chi connectivity index (χ4v) is 3.91. The molecule has 1 atom stereocenters. The second-order valence-corrected chi connectivity index (χ2v) is 8.34. The molecule has 0 bridgehead atoms. The minimum absolute atomic E-state index is 0.0860. The number of carbonyl (C=O) groups excluding carboxylic acids is 4. The zero-order valence-electron chi connectivity index (χ0n) is 18.2. The van der Waals surface area contributed by atoms with Crippen LogP contribution in [-0.2, 0) is 19.1 Å². The van der Waals surface area contributed by atoms with Crippen LogP contribution < -0.4 is 16.4 Å². The molecule has 0 aliphatic carbocycles. The maximum absolute atomic E-state index is 12.4. The van der Waals surface area contributed by atoms with E-state index in [0.29, 0.717) is 6.42 Å². The van der Waals surface area contributed by atoms with Gasteiger partial charge in [-0.2, -0.15) is 0 Å². The molecule has 2 rings (SSSR count). The van der Waals surface area contributed by atoms with E-state index in [2.05, 4.69) is 10.6 Å². The molecule has 3 amide bonds. The Morgan fingerprint density at radius 2 is 1.78 bits per heavy atom. The summed E-state index contributed by atoms with van der Waals surface area (Å²) in [6, 6.07) is 9.21. The Morgan fingerprint density at radius 3 is 2.38 bits per heavy atom. The summed E-state index contributed by atoms with van der Waals surface area (Å²) in [6.07, 6.45) is 0.307. The Balaban J connectivity index is 2.10. The average molecular weight is 462 g/mol. The number of anilines is 1. The number of hydrogen-bond donors (Lipinski definition) is 3. The Hall–Kier alpha value is -3.40. The van der Waals surface area contributed by atoms with Gasteiger partial charge >= 0.3 is 18.0 Å². The van der Waals surface area contributed by atoms with Crippen molar-refractivity contribution in [1.82, 2.24) is 5.32 Å². The van der Waals surface area contributed by atoms with Crippen LogP contribution in [0.3, 0.4) is 0 Å². The Morgan fingerprint density at radius 1 is 1.09 bits per heavy atom. The number of thiophene rings is 1. The number of hydrogen-bond acceptors (Lipinski definition) is 7. The Kier molecular flexibility index (Phi) is 9.21. The first-order valence-corrected chi connectivity index (χ1v) is 10.9. The first-order valence-electron chi connectivity index (χ1n) is 10.1. The zero-order chi connectivity index (χ0) is 23.7. The highest BCUT2D eigenvalue weighted by Gasteiger charge is 2.24. The van der Waals surface area contributed by atoms with Crippen LogP contribution in [-0.4, -0.2) is 43.1 Å². The molecule has 0 saturated heterocycles. The lowest BCUT2D eigenvalue weighted by Crippen LogP contribution is -2.45. The number of primary amides is 1. The molecule has 1 unspecified atom stereocenters. The lowest BCUT2D eigenvalue weighted by atomic mass is 10.0. The fraction of sp³-hybridized carbons (Fsp3) is 0.364. The second kappa shape index (κ2) is 11.8. The lowest BCUT2D eigenvalue weighted by molar-refractivity contribution is -0.149. The fourth-order valence-electron chi connectivity index (χ4n) is 2.85. The maximum atomic E-state index is 12.4. The van der Waals surface area contributed by atoms with Gasteiger partial charge in [0, 0.05) is 4.88 Å². The summed E-state index contributed by atoms with van der Waals surface area (Å²) >= 11 is 1.21. The van der Waals surface area contributed by atoms with Crippen LogP contribution in [0.25, 0.3) is 10.4 Å². The van der Waals surface area contributed by atoms with Gasteiger partial charge < -0.3 is 25.8 Å². The largest absolute Gasteiger partial charge is 0.462 e. The quantitative estimate of drug-likeness (QED) is 0.465. The highest BCUT2D eigenvalue weighted by atomic mass is 32.1. The molecule has 2 aromatic rings. The smallest absolute Gasteiger partial charge is 0.341 e. The number of esters is 2. The van der Waals surface area contributed by atoms with Crippen molar-refractivity contribution in [3.05, 3.63) is 42.0 Å². The molecule has 1 heterocycles. The topological polar surface area (TPSA) is 137 Å². The van der Waals surface area contributed by atoms with E-state index in [-0.39, 0.29) is 23.1 Å². The predicted molar refractivity (Wildman–Crippen MR) is 121 cm³/mol. The van der Waals surface area contributed by atoms with E-state index >= 15 is 0 Å². The molecule has 0 spiro atoms.